The van der Waals surface area contributed by atoms with Crippen molar-refractivity contribution in [3.63, 3.8) is 0 Å². The van der Waals surface area contributed by atoms with Crippen LogP contribution in [0.25, 0.3) is 5.69 Å². The Kier molecular flexibility index (Phi) is 5.69. The Bertz CT molecular complexity index is 558. The van der Waals surface area contributed by atoms with Gasteiger partial charge in [0.05, 0.1) is 30.3 Å². The SMILES string of the molecule is COCC(O)CN(C)Cc1cn(-c2ccc(Cl)cc2)nn1. The molecule has 1 unspecified atom stereocenters. The molecule has 0 radical (unpaired) electrons. The molecule has 0 saturated carbocycles. The highest BCUT2D eigenvalue weighted by molar-refractivity contribution is 6.30. The van der Waals surface area contributed by atoms with E-state index in [2.05, 4.69) is 10.3 Å². The summed E-state index contributed by atoms with van der Waals surface area (Å²) >= 11 is 5.86. The van der Waals surface area contributed by atoms with Crippen LogP contribution in [0, 0.1) is 0 Å². The Hall–Kier alpha value is -1.47. The van der Waals surface area contributed by atoms with E-state index in [4.69, 9.17) is 16.3 Å². The molecule has 1 heterocycles. The molecule has 1 aromatic heterocycles. The minimum Gasteiger partial charge on any atom is -0.389 e. The van der Waals surface area contributed by atoms with Gasteiger partial charge in [-0.15, -0.1) is 5.10 Å². The van der Waals surface area contributed by atoms with Gasteiger partial charge in [0, 0.05) is 25.2 Å². The van der Waals surface area contributed by atoms with Crippen molar-refractivity contribution in [2.75, 3.05) is 27.3 Å². The fourth-order valence-corrected chi connectivity index (χ4v) is 2.16. The molecule has 0 spiro atoms. The van der Waals surface area contributed by atoms with Crippen LogP contribution in [-0.2, 0) is 11.3 Å². The summed E-state index contributed by atoms with van der Waals surface area (Å²) in [5, 5.41) is 18.6. The van der Waals surface area contributed by atoms with Gasteiger partial charge in [-0.05, 0) is 31.3 Å². The second-order valence-corrected chi connectivity index (χ2v) is 5.37. The topological polar surface area (TPSA) is 63.4 Å². The number of aliphatic hydroxyl groups excluding tert-OH is 1. The van der Waals surface area contributed by atoms with Crippen molar-refractivity contribution in [2.45, 2.75) is 12.6 Å². The molecule has 0 aliphatic carbocycles. The molecule has 7 heteroatoms. The van der Waals surface area contributed by atoms with Crippen molar-refractivity contribution in [3.05, 3.63) is 41.2 Å². The summed E-state index contributed by atoms with van der Waals surface area (Å²) < 4.78 is 6.61. The lowest BCUT2D eigenvalue weighted by Gasteiger charge is -2.18. The summed E-state index contributed by atoms with van der Waals surface area (Å²) in [7, 11) is 3.49. The molecular formula is C14H19ClN4O2. The number of ether oxygens (including phenoxy) is 1. The van der Waals surface area contributed by atoms with Crippen LogP contribution >= 0.6 is 11.6 Å². The Labute approximate surface area is 128 Å². The Morgan fingerprint density at radius 3 is 2.76 bits per heavy atom. The van der Waals surface area contributed by atoms with Gasteiger partial charge in [-0.3, -0.25) is 4.90 Å². The minimum atomic E-state index is -0.508. The van der Waals surface area contributed by atoms with Gasteiger partial charge in [0.2, 0.25) is 0 Å². The first-order valence-corrected chi connectivity index (χ1v) is 6.99. The van der Waals surface area contributed by atoms with E-state index < -0.39 is 6.10 Å². The first kappa shape index (κ1) is 15.9. The number of benzene rings is 1. The minimum absolute atomic E-state index is 0.321. The molecule has 0 aliphatic heterocycles. The third kappa shape index (κ3) is 4.78. The van der Waals surface area contributed by atoms with E-state index >= 15 is 0 Å². The van der Waals surface area contributed by atoms with E-state index in [9.17, 15) is 5.11 Å². The smallest absolute Gasteiger partial charge is 0.0971 e. The first-order valence-electron chi connectivity index (χ1n) is 6.61. The van der Waals surface area contributed by atoms with Crippen LogP contribution in [0.1, 0.15) is 5.69 Å². The molecule has 0 aliphatic rings. The summed E-state index contributed by atoms with van der Waals surface area (Å²) in [6.07, 6.45) is 1.36. The molecular weight excluding hydrogens is 292 g/mol. The largest absolute Gasteiger partial charge is 0.389 e. The number of rotatable bonds is 7. The summed E-state index contributed by atoms with van der Waals surface area (Å²) in [6.45, 7) is 1.44. The number of aliphatic hydroxyl groups is 1. The van der Waals surface area contributed by atoms with Gasteiger partial charge < -0.3 is 9.84 Å². The lowest BCUT2D eigenvalue weighted by molar-refractivity contribution is 0.0416. The van der Waals surface area contributed by atoms with Crippen LogP contribution < -0.4 is 0 Å². The molecule has 0 bridgehead atoms. The van der Waals surface area contributed by atoms with Gasteiger partial charge in [0.1, 0.15) is 0 Å². The molecule has 1 N–H and O–H groups in total. The number of nitrogens with zero attached hydrogens (tertiary/aromatic N) is 4. The zero-order valence-corrected chi connectivity index (χ0v) is 12.9. The Balaban J connectivity index is 1.95. The van der Waals surface area contributed by atoms with Crippen LogP contribution in [0.3, 0.4) is 0 Å². The number of hydrogen-bond acceptors (Lipinski definition) is 5. The fourth-order valence-electron chi connectivity index (χ4n) is 2.04. The third-order valence-corrected chi connectivity index (χ3v) is 3.20. The summed E-state index contributed by atoms with van der Waals surface area (Å²) in [4.78, 5) is 1.97. The van der Waals surface area contributed by atoms with Crippen LogP contribution in [0.4, 0.5) is 0 Å². The maximum Gasteiger partial charge on any atom is 0.0971 e. The first-order chi connectivity index (χ1) is 10.1. The van der Waals surface area contributed by atoms with Crippen molar-refractivity contribution in [1.82, 2.24) is 19.9 Å². The molecule has 0 amide bonds. The van der Waals surface area contributed by atoms with Crippen LogP contribution in [0.15, 0.2) is 30.5 Å². The predicted octanol–water partition coefficient (Wildman–Crippen LogP) is 1.36. The molecule has 6 nitrogen and oxygen atoms in total. The van der Waals surface area contributed by atoms with Crippen LogP contribution in [-0.4, -0.2) is 58.4 Å². The second-order valence-electron chi connectivity index (χ2n) is 4.94. The normalized spacial score (nSPS) is 12.8. The van der Waals surface area contributed by atoms with E-state index in [-0.39, 0.29) is 0 Å². The van der Waals surface area contributed by atoms with Gasteiger partial charge in [0.25, 0.3) is 0 Å². The Morgan fingerprint density at radius 1 is 1.38 bits per heavy atom. The number of likely N-dealkylation sites (N-methyl/N-ethyl adjacent to an activating group) is 1. The average molecular weight is 311 g/mol. The molecule has 0 saturated heterocycles. The maximum absolute atomic E-state index is 9.69. The molecule has 21 heavy (non-hydrogen) atoms. The maximum atomic E-state index is 9.69. The highest BCUT2D eigenvalue weighted by Crippen LogP contribution is 2.13. The monoisotopic (exact) mass is 310 g/mol. The van der Waals surface area contributed by atoms with Crippen molar-refractivity contribution >= 4 is 11.6 Å². The van der Waals surface area contributed by atoms with E-state index in [0.717, 1.165) is 11.4 Å². The molecule has 114 valence electrons. The lowest BCUT2D eigenvalue weighted by atomic mass is 10.3. The van der Waals surface area contributed by atoms with Crippen LogP contribution in [0.5, 0.6) is 0 Å². The van der Waals surface area contributed by atoms with E-state index in [1.165, 1.54) is 0 Å². The summed E-state index contributed by atoms with van der Waals surface area (Å²) in [6, 6.07) is 7.39. The molecule has 2 aromatic rings. The highest BCUT2D eigenvalue weighted by Gasteiger charge is 2.10. The van der Waals surface area contributed by atoms with Gasteiger partial charge in [-0.2, -0.15) is 0 Å². The summed E-state index contributed by atoms with van der Waals surface area (Å²) in [5.74, 6) is 0. The van der Waals surface area contributed by atoms with Crippen molar-refractivity contribution in [1.29, 1.82) is 0 Å². The molecule has 1 aromatic carbocycles. The van der Waals surface area contributed by atoms with Gasteiger partial charge in [-0.1, -0.05) is 16.8 Å². The zero-order valence-electron chi connectivity index (χ0n) is 12.1. The zero-order chi connectivity index (χ0) is 15.2. The highest BCUT2D eigenvalue weighted by atomic mass is 35.5. The number of methoxy groups -OCH3 is 1. The quantitative estimate of drug-likeness (QED) is 0.836. The summed E-state index contributed by atoms with van der Waals surface area (Å²) in [5.41, 5.74) is 1.73. The molecule has 2 rings (SSSR count). The Morgan fingerprint density at radius 2 is 2.10 bits per heavy atom. The van der Waals surface area contributed by atoms with Gasteiger partial charge >= 0.3 is 0 Å². The molecule has 0 fully saturated rings. The van der Waals surface area contributed by atoms with Crippen molar-refractivity contribution < 1.29 is 9.84 Å². The standard InChI is InChI=1S/C14H19ClN4O2/c1-18(9-14(20)10-21-2)7-12-8-19(17-16-12)13-5-3-11(15)4-6-13/h3-6,8,14,20H,7,9-10H2,1-2H3. The van der Waals surface area contributed by atoms with Gasteiger partial charge in [-0.25, -0.2) is 4.68 Å². The van der Waals surface area contributed by atoms with Crippen LogP contribution in [0.2, 0.25) is 5.02 Å². The second kappa shape index (κ2) is 7.51. The average Bonchev–Trinajstić information content (AvgIpc) is 2.88. The number of aromatic nitrogens is 3. The number of hydrogen-bond donors (Lipinski definition) is 1. The van der Waals surface area contributed by atoms with Crippen molar-refractivity contribution in [2.24, 2.45) is 0 Å². The lowest BCUT2D eigenvalue weighted by Crippen LogP contribution is -2.31. The molecule has 1 atom stereocenters. The van der Waals surface area contributed by atoms with E-state index in [0.29, 0.717) is 24.7 Å². The fraction of sp³-hybridized carbons (Fsp3) is 0.429. The van der Waals surface area contributed by atoms with E-state index in [1.807, 2.05) is 42.4 Å². The van der Waals surface area contributed by atoms with E-state index in [1.54, 1.807) is 11.8 Å². The van der Waals surface area contributed by atoms with Gasteiger partial charge in [0.15, 0.2) is 0 Å². The predicted molar refractivity (Wildman–Crippen MR) is 80.6 cm³/mol. The third-order valence-electron chi connectivity index (χ3n) is 2.95. The number of halogens is 1. The van der Waals surface area contributed by atoms with Crippen molar-refractivity contribution in [3.8, 4) is 5.69 Å².